The summed E-state index contributed by atoms with van der Waals surface area (Å²) in [4.78, 5) is 42.3. The van der Waals surface area contributed by atoms with Crippen LogP contribution < -0.4 is 0 Å². The predicted octanol–water partition coefficient (Wildman–Crippen LogP) is 2.49. The van der Waals surface area contributed by atoms with Gasteiger partial charge in [0.05, 0.1) is 30.7 Å². The molecule has 6 atom stereocenters. The van der Waals surface area contributed by atoms with Gasteiger partial charge >= 0.3 is 12.1 Å². The fourth-order valence-corrected chi connectivity index (χ4v) is 6.41. The van der Waals surface area contributed by atoms with Gasteiger partial charge in [0, 0.05) is 29.7 Å². The molecule has 2 amide bonds. The van der Waals surface area contributed by atoms with Crippen LogP contribution >= 0.6 is 11.8 Å². The lowest BCUT2D eigenvalue weighted by Gasteiger charge is -2.46. The molecule has 3 heterocycles. The van der Waals surface area contributed by atoms with Gasteiger partial charge in [-0.3, -0.25) is 4.79 Å². The molecular formula is C25H34N2O7S. The molecule has 0 aromatic rings. The zero-order valence-electron chi connectivity index (χ0n) is 20.4. The predicted molar refractivity (Wildman–Crippen MR) is 132 cm³/mol. The van der Waals surface area contributed by atoms with E-state index in [1.54, 1.807) is 18.9 Å². The molecule has 0 spiro atoms. The number of ether oxygens (including phenoxy) is 3. The Morgan fingerprint density at radius 1 is 1.23 bits per heavy atom. The average Bonchev–Trinajstić information content (AvgIpc) is 3.33. The highest BCUT2D eigenvalue weighted by Gasteiger charge is 2.60. The summed E-state index contributed by atoms with van der Waals surface area (Å²) in [6, 6.07) is -0.499. The summed E-state index contributed by atoms with van der Waals surface area (Å²) in [5, 5.41) is 10.1. The summed E-state index contributed by atoms with van der Waals surface area (Å²) in [7, 11) is 1.60. The van der Waals surface area contributed by atoms with Gasteiger partial charge in [-0.25, -0.2) is 9.59 Å². The molecule has 10 heteroatoms. The Labute approximate surface area is 210 Å². The van der Waals surface area contributed by atoms with Crippen LogP contribution in [-0.4, -0.2) is 89.8 Å². The molecule has 9 nitrogen and oxygen atoms in total. The van der Waals surface area contributed by atoms with E-state index in [0.717, 1.165) is 4.91 Å². The van der Waals surface area contributed by atoms with E-state index >= 15 is 0 Å². The Morgan fingerprint density at radius 2 is 1.91 bits per heavy atom. The topological polar surface area (TPSA) is 106 Å². The van der Waals surface area contributed by atoms with Crippen LogP contribution in [0.15, 0.2) is 48.1 Å². The number of rotatable bonds is 11. The maximum absolute atomic E-state index is 13.0. The molecule has 0 bridgehead atoms. The van der Waals surface area contributed by atoms with Crippen LogP contribution in [0.4, 0.5) is 4.79 Å². The van der Waals surface area contributed by atoms with E-state index in [1.807, 2.05) is 19.1 Å². The van der Waals surface area contributed by atoms with Gasteiger partial charge in [-0.1, -0.05) is 44.4 Å². The minimum atomic E-state index is -0.821. The van der Waals surface area contributed by atoms with E-state index < -0.39 is 24.1 Å². The lowest BCUT2D eigenvalue weighted by atomic mass is 9.79. The number of hydrogen-bond donors (Lipinski definition) is 1. The third-order valence-corrected chi connectivity index (χ3v) is 7.91. The third kappa shape index (κ3) is 5.49. The van der Waals surface area contributed by atoms with Crippen LogP contribution in [0.5, 0.6) is 0 Å². The molecule has 0 saturated carbocycles. The molecular weight excluding hydrogens is 472 g/mol. The normalized spacial score (nSPS) is 28.7. The van der Waals surface area contributed by atoms with E-state index in [4.69, 9.17) is 14.2 Å². The van der Waals surface area contributed by atoms with Crippen molar-refractivity contribution in [2.24, 2.45) is 11.8 Å². The molecule has 1 N–H and O–H groups in total. The summed E-state index contributed by atoms with van der Waals surface area (Å²) in [5.74, 6) is -1.59. The maximum atomic E-state index is 13.0. The highest BCUT2D eigenvalue weighted by molar-refractivity contribution is 8.03. The molecule has 0 aromatic heterocycles. The molecule has 35 heavy (non-hydrogen) atoms. The molecule has 2 saturated heterocycles. The molecule has 3 rings (SSSR count). The lowest BCUT2D eigenvalue weighted by Crippen LogP contribution is -2.63. The average molecular weight is 507 g/mol. The number of carbonyl (C=O) groups is 3. The Hall–Kier alpha value is -2.56. The third-order valence-electron chi connectivity index (χ3n) is 6.41. The summed E-state index contributed by atoms with van der Waals surface area (Å²) in [6.07, 6.45) is 6.15. The van der Waals surface area contributed by atoms with Crippen LogP contribution in [0, 0.1) is 11.8 Å². The zero-order valence-corrected chi connectivity index (χ0v) is 21.2. The number of carbonyl (C=O) groups excluding carboxylic acids is 3. The number of likely N-dealkylation sites (tertiary alicyclic amines) is 1. The van der Waals surface area contributed by atoms with E-state index in [-0.39, 0.29) is 48.1 Å². The molecule has 3 aliphatic rings. The largest absolute Gasteiger partial charge is 0.457 e. The number of nitrogens with zero attached hydrogens (tertiary/aromatic N) is 2. The quantitative estimate of drug-likeness (QED) is 0.259. The SMILES string of the molecule is C=CCOC(=O)C1=C(S[C@H]2C[C@@H](/C=C/COC)N(C(=O)OCC=C)C2)[C@H](C)[C@@H]2[C@@H]([C@@H](C)O)C(=O)N12. The molecule has 0 radical (unpaired) electrons. The summed E-state index contributed by atoms with van der Waals surface area (Å²) in [6.45, 7) is 11.7. The Bertz CT molecular complexity index is 915. The van der Waals surface area contributed by atoms with Crippen molar-refractivity contribution in [1.29, 1.82) is 0 Å². The number of thioether (sulfide) groups is 1. The number of amides is 2. The standard InChI is InChI=1S/C25H34N2O7S/c1-6-10-33-24(30)21-22(15(3)20-19(16(4)28)23(29)27(20)21)35-18-13-17(9-8-12-32-5)26(14-18)25(31)34-11-7-2/h6-9,15-20,28H,1-2,10-14H2,3-5H3/b9-8+/t15-,16-,17-,18+,19-,20-/m1/s1. The monoisotopic (exact) mass is 506 g/mol. The zero-order chi connectivity index (χ0) is 25.7. The van der Waals surface area contributed by atoms with Gasteiger partial charge in [-0.15, -0.1) is 11.8 Å². The van der Waals surface area contributed by atoms with Gasteiger partial charge in [-0.05, 0) is 13.3 Å². The number of fused-ring (bicyclic) bond motifs is 1. The molecule has 2 fully saturated rings. The van der Waals surface area contributed by atoms with Gasteiger partial charge in [-0.2, -0.15) is 0 Å². The summed E-state index contributed by atoms with van der Waals surface area (Å²) < 4.78 is 15.7. The Balaban J connectivity index is 1.85. The van der Waals surface area contributed by atoms with Crippen molar-refractivity contribution in [2.45, 2.75) is 43.7 Å². The minimum absolute atomic E-state index is 0.0277. The van der Waals surface area contributed by atoms with Crippen molar-refractivity contribution >= 4 is 29.7 Å². The van der Waals surface area contributed by atoms with Gasteiger partial charge < -0.3 is 29.1 Å². The fraction of sp³-hybridized carbons (Fsp3) is 0.560. The van der Waals surface area contributed by atoms with Crippen LogP contribution in [0.25, 0.3) is 0 Å². The van der Waals surface area contributed by atoms with Crippen molar-refractivity contribution in [1.82, 2.24) is 9.80 Å². The lowest BCUT2D eigenvalue weighted by molar-refractivity contribution is -0.164. The van der Waals surface area contributed by atoms with E-state index in [0.29, 0.717) is 19.6 Å². The second-order valence-electron chi connectivity index (χ2n) is 8.80. The summed E-state index contributed by atoms with van der Waals surface area (Å²) in [5.41, 5.74) is 0.232. The molecule has 192 valence electrons. The number of esters is 1. The Kier molecular flexibility index (Phi) is 9.21. The first kappa shape index (κ1) is 27.0. The highest BCUT2D eigenvalue weighted by Crippen LogP contribution is 2.52. The van der Waals surface area contributed by atoms with Crippen LogP contribution in [0.3, 0.4) is 0 Å². The molecule has 0 aromatic carbocycles. The number of methoxy groups -OCH3 is 1. The molecule has 3 aliphatic heterocycles. The van der Waals surface area contributed by atoms with Crippen LogP contribution in [0.1, 0.15) is 20.3 Å². The summed E-state index contributed by atoms with van der Waals surface area (Å²) >= 11 is 1.49. The van der Waals surface area contributed by atoms with E-state index in [9.17, 15) is 19.5 Å². The van der Waals surface area contributed by atoms with Crippen LogP contribution in [0.2, 0.25) is 0 Å². The van der Waals surface area contributed by atoms with Crippen molar-refractivity contribution < 1.29 is 33.7 Å². The van der Waals surface area contributed by atoms with Crippen molar-refractivity contribution in [2.75, 3.05) is 33.5 Å². The first-order chi connectivity index (χ1) is 16.8. The van der Waals surface area contributed by atoms with Crippen molar-refractivity contribution in [3.05, 3.63) is 48.1 Å². The number of β-lactam (4-membered cyclic amide) rings is 1. The van der Waals surface area contributed by atoms with Gasteiger partial charge in [0.2, 0.25) is 5.91 Å². The van der Waals surface area contributed by atoms with Gasteiger partial charge in [0.15, 0.2) is 0 Å². The first-order valence-electron chi connectivity index (χ1n) is 11.7. The molecule has 0 aliphatic carbocycles. The fourth-order valence-electron chi connectivity index (χ4n) is 4.88. The number of aliphatic hydroxyl groups is 1. The van der Waals surface area contributed by atoms with Crippen LogP contribution in [-0.2, 0) is 23.8 Å². The second-order valence-corrected chi connectivity index (χ2v) is 10.1. The van der Waals surface area contributed by atoms with Gasteiger partial charge in [0.1, 0.15) is 18.9 Å². The first-order valence-corrected chi connectivity index (χ1v) is 12.5. The Morgan fingerprint density at radius 3 is 2.54 bits per heavy atom. The smallest absolute Gasteiger partial charge is 0.410 e. The molecule has 0 unspecified atom stereocenters. The number of hydrogen-bond acceptors (Lipinski definition) is 8. The van der Waals surface area contributed by atoms with Crippen molar-refractivity contribution in [3.63, 3.8) is 0 Å². The minimum Gasteiger partial charge on any atom is -0.457 e. The maximum Gasteiger partial charge on any atom is 0.410 e. The second kappa shape index (κ2) is 11.9. The van der Waals surface area contributed by atoms with E-state index in [1.165, 1.54) is 28.8 Å². The van der Waals surface area contributed by atoms with Gasteiger partial charge in [0.25, 0.3) is 0 Å². The van der Waals surface area contributed by atoms with Crippen molar-refractivity contribution in [3.8, 4) is 0 Å². The van der Waals surface area contributed by atoms with E-state index in [2.05, 4.69) is 13.2 Å². The highest BCUT2D eigenvalue weighted by atomic mass is 32.2. The number of aliphatic hydroxyl groups excluding tert-OH is 1.